The Morgan fingerprint density at radius 2 is 1.90 bits per heavy atom. The van der Waals surface area contributed by atoms with Crippen LogP contribution in [-0.4, -0.2) is 35.2 Å². The smallest absolute Gasteiger partial charge is 0.333 e. The van der Waals surface area contributed by atoms with Gasteiger partial charge in [-0.15, -0.1) is 0 Å². The summed E-state index contributed by atoms with van der Waals surface area (Å²) in [7, 11) is 1.30. The lowest BCUT2D eigenvalue weighted by molar-refractivity contribution is -0.385. The molecule has 1 N–H and O–H groups in total. The average Bonchev–Trinajstić information content (AvgIpc) is 2.66. The molecule has 0 radical (unpaired) electrons. The highest BCUT2D eigenvalue weighted by Crippen LogP contribution is 2.36. The Labute approximate surface area is 173 Å². The number of alkyl halides is 3. The molecule has 2 amide bonds. The molecule has 0 unspecified atom stereocenters. The topological polar surface area (TPSA) is 92.6 Å². The number of hydrogen-bond acceptors (Lipinski definition) is 4. The van der Waals surface area contributed by atoms with Crippen LogP contribution in [0.15, 0.2) is 48.5 Å². The van der Waals surface area contributed by atoms with Gasteiger partial charge in [-0.05, 0) is 30.3 Å². The van der Waals surface area contributed by atoms with Crippen molar-refractivity contribution >= 4 is 40.9 Å². The van der Waals surface area contributed by atoms with Crippen molar-refractivity contribution < 1.29 is 27.7 Å². The molecule has 0 atom stereocenters. The van der Waals surface area contributed by atoms with Crippen molar-refractivity contribution in [2.45, 2.75) is 6.18 Å². The van der Waals surface area contributed by atoms with E-state index in [0.717, 1.165) is 17.0 Å². The summed E-state index contributed by atoms with van der Waals surface area (Å²) in [5.41, 5.74) is -1.22. The summed E-state index contributed by atoms with van der Waals surface area (Å²) < 4.78 is 38.7. The van der Waals surface area contributed by atoms with Gasteiger partial charge in [0.2, 0.25) is 11.8 Å². The van der Waals surface area contributed by atoms with Crippen molar-refractivity contribution in [1.82, 2.24) is 4.90 Å². The molecule has 30 heavy (non-hydrogen) atoms. The molecule has 0 saturated carbocycles. The van der Waals surface area contributed by atoms with Crippen LogP contribution in [0.4, 0.5) is 24.5 Å². The second-order valence-corrected chi connectivity index (χ2v) is 6.49. The van der Waals surface area contributed by atoms with Crippen molar-refractivity contribution in [2.24, 2.45) is 0 Å². The summed E-state index contributed by atoms with van der Waals surface area (Å²) in [5.74, 6) is -1.37. The highest BCUT2D eigenvalue weighted by molar-refractivity contribution is 6.31. The van der Waals surface area contributed by atoms with Crippen LogP contribution in [0.25, 0.3) is 6.08 Å². The lowest BCUT2D eigenvalue weighted by Crippen LogP contribution is -2.33. The van der Waals surface area contributed by atoms with Crippen LogP contribution in [0.1, 0.15) is 11.1 Å². The van der Waals surface area contributed by atoms with E-state index < -0.39 is 40.0 Å². The Kier molecular flexibility index (Phi) is 7.17. The number of para-hydroxylation sites is 1. The fourth-order valence-corrected chi connectivity index (χ4v) is 2.62. The molecule has 11 heteroatoms. The van der Waals surface area contributed by atoms with Crippen LogP contribution in [0.3, 0.4) is 0 Å². The molecule has 2 aromatic carbocycles. The number of carbonyl (C=O) groups excluding carboxylic acids is 2. The third-order valence-electron chi connectivity index (χ3n) is 3.85. The third-order valence-corrected chi connectivity index (χ3v) is 4.18. The van der Waals surface area contributed by atoms with Crippen molar-refractivity contribution in [1.29, 1.82) is 0 Å². The molecule has 0 bridgehead atoms. The van der Waals surface area contributed by atoms with E-state index in [9.17, 15) is 32.9 Å². The summed E-state index contributed by atoms with van der Waals surface area (Å²) in [6.45, 7) is -0.454. The number of nitro benzene ring substituents is 1. The van der Waals surface area contributed by atoms with Gasteiger partial charge < -0.3 is 10.2 Å². The number of nitro groups is 1. The van der Waals surface area contributed by atoms with E-state index in [2.05, 4.69) is 5.32 Å². The summed E-state index contributed by atoms with van der Waals surface area (Å²) in [6, 6.07) is 8.67. The predicted molar refractivity (Wildman–Crippen MR) is 105 cm³/mol. The monoisotopic (exact) mass is 441 g/mol. The number of benzene rings is 2. The van der Waals surface area contributed by atoms with Crippen LogP contribution in [0, 0.1) is 10.1 Å². The first-order valence-electron chi connectivity index (χ1n) is 8.32. The highest BCUT2D eigenvalue weighted by Gasteiger charge is 2.33. The average molecular weight is 442 g/mol. The number of likely N-dealkylation sites (N-methyl/N-ethyl adjacent to an activating group) is 1. The SMILES string of the molecule is CN(CC(=O)Nc1ccc(Cl)c(C(F)(F)F)c1)C(=O)/C=C/c1ccccc1[N+](=O)[O-]. The van der Waals surface area contributed by atoms with Crippen LogP contribution >= 0.6 is 11.6 Å². The van der Waals surface area contributed by atoms with Crippen LogP contribution < -0.4 is 5.32 Å². The van der Waals surface area contributed by atoms with Gasteiger partial charge in [0.15, 0.2) is 0 Å². The summed E-state index contributed by atoms with van der Waals surface area (Å²) in [6.07, 6.45) is -2.39. The summed E-state index contributed by atoms with van der Waals surface area (Å²) in [5, 5.41) is 12.7. The molecule has 0 aliphatic carbocycles. The van der Waals surface area contributed by atoms with Gasteiger partial charge in [0.1, 0.15) is 0 Å². The Morgan fingerprint density at radius 1 is 1.23 bits per heavy atom. The van der Waals surface area contributed by atoms with E-state index in [1.54, 1.807) is 6.07 Å². The number of halogens is 4. The van der Waals surface area contributed by atoms with Crippen molar-refractivity contribution in [2.75, 3.05) is 18.9 Å². The number of amides is 2. The number of anilines is 1. The number of rotatable bonds is 6. The quantitative estimate of drug-likeness (QED) is 0.409. The van der Waals surface area contributed by atoms with E-state index in [1.165, 1.54) is 37.4 Å². The van der Waals surface area contributed by atoms with Gasteiger partial charge in [0.25, 0.3) is 5.69 Å². The molecule has 0 saturated heterocycles. The fourth-order valence-electron chi connectivity index (χ4n) is 2.40. The first-order chi connectivity index (χ1) is 14.0. The largest absolute Gasteiger partial charge is 0.417 e. The third kappa shape index (κ3) is 6.05. The van der Waals surface area contributed by atoms with Crippen molar-refractivity contribution in [3.05, 3.63) is 74.8 Å². The molecule has 0 aromatic heterocycles. The molecule has 7 nitrogen and oxygen atoms in total. The number of hydrogen-bond donors (Lipinski definition) is 1. The van der Waals surface area contributed by atoms with Crippen LogP contribution in [0.2, 0.25) is 5.02 Å². The lowest BCUT2D eigenvalue weighted by Gasteiger charge is -2.16. The molecular formula is C19H15ClF3N3O4. The van der Waals surface area contributed by atoms with Gasteiger partial charge in [0, 0.05) is 24.9 Å². The van der Waals surface area contributed by atoms with Gasteiger partial charge in [-0.1, -0.05) is 23.7 Å². The van der Waals surface area contributed by atoms with E-state index in [1.807, 2.05) is 0 Å². The maximum atomic E-state index is 12.9. The second kappa shape index (κ2) is 9.40. The van der Waals surface area contributed by atoms with Crippen molar-refractivity contribution in [3.8, 4) is 0 Å². The minimum Gasteiger partial charge on any atom is -0.333 e. The van der Waals surface area contributed by atoms with E-state index in [4.69, 9.17) is 11.6 Å². The lowest BCUT2D eigenvalue weighted by atomic mass is 10.1. The molecule has 2 aromatic rings. The highest BCUT2D eigenvalue weighted by atomic mass is 35.5. The number of carbonyl (C=O) groups is 2. The predicted octanol–water partition coefficient (Wildman–Crippen LogP) is 4.38. The minimum absolute atomic E-state index is 0.131. The summed E-state index contributed by atoms with van der Waals surface area (Å²) in [4.78, 5) is 35.6. The maximum Gasteiger partial charge on any atom is 0.417 e. The maximum absolute atomic E-state index is 12.9. The summed E-state index contributed by atoms with van der Waals surface area (Å²) >= 11 is 5.52. The molecule has 0 aliphatic rings. The van der Waals surface area contributed by atoms with Gasteiger partial charge >= 0.3 is 6.18 Å². The van der Waals surface area contributed by atoms with E-state index in [0.29, 0.717) is 6.07 Å². The Bertz CT molecular complexity index is 1010. The van der Waals surface area contributed by atoms with Gasteiger partial charge in [-0.2, -0.15) is 13.2 Å². The molecule has 2 rings (SSSR count). The van der Waals surface area contributed by atoms with Crippen molar-refractivity contribution in [3.63, 3.8) is 0 Å². The van der Waals surface area contributed by atoms with Gasteiger partial charge in [-0.25, -0.2) is 0 Å². The molecule has 0 aliphatic heterocycles. The molecule has 158 valence electrons. The normalized spacial score (nSPS) is 11.4. The Morgan fingerprint density at radius 3 is 2.53 bits per heavy atom. The zero-order valence-corrected chi connectivity index (χ0v) is 16.2. The van der Waals surface area contributed by atoms with Gasteiger partial charge in [0.05, 0.1) is 27.6 Å². The van der Waals surface area contributed by atoms with Crippen LogP contribution in [0.5, 0.6) is 0 Å². The standard InChI is InChI=1S/C19H15ClF3N3O4/c1-25(18(28)9-6-12-4-2-3-5-16(12)26(29)30)11-17(27)24-13-7-8-15(20)14(10-13)19(21,22)23/h2-10H,11H2,1H3,(H,24,27)/b9-6+. The second-order valence-electron chi connectivity index (χ2n) is 6.08. The van der Waals surface area contributed by atoms with E-state index in [-0.39, 0.29) is 16.9 Å². The van der Waals surface area contributed by atoms with Crippen LogP contribution in [-0.2, 0) is 15.8 Å². The first kappa shape index (κ1) is 22.9. The molecule has 0 spiro atoms. The van der Waals surface area contributed by atoms with Gasteiger partial charge in [-0.3, -0.25) is 19.7 Å². The minimum atomic E-state index is -4.69. The molecule has 0 fully saturated rings. The number of nitrogens with zero attached hydrogens (tertiary/aromatic N) is 2. The Balaban J connectivity index is 2.02. The molecule has 0 heterocycles. The first-order valence-corrected chi connectivity index (χ1v) is 8.70. The fraction of sp³-hybridized carbons (Fsp3) is 0.158. The Hall–Kier alpha value is -3.40. The zero-order valence-electron chi connectivity index (χ0n) is 15.4. The number of nitrogens with one attached hydrogen (secondary N) is 1. The van der Waals surface area contributed by atoms with E-state index >= 15 is 0 Å². The molecular weight excluding hydrogens is 427 g/mol. The zero-order chi connectivity index (χ0) is 22.5.